The Kier molecular flexibility index (Phi) is 9.36. The molecule has 0 aliphatic carbocycles. The Hall–Kier alpha value is -1.60. The molecule has 7 heteroatoms. The Morgan fingerprint density at radius 2 is 2.36 bits per heavy atom. The van der Waals surface area contributed by atoms with Gasteiger partial charge in [0.2, 0.25) is 0 Å². The molecule has 0 saturated carbocycles. The van der Waals surface area contributed by atoms with Crippen molar-refractivity contribution in [2.75, 3.05) is 39.5 Å². The molecule has 0 radical (unpaired) electrons. The second kappa shape index (κ2) is 11.9. The zero-order valence-corrected chi connectivity index (χ0v) is 15.7. The van der Waals surface area contributed by atoms with Crippen molar-refractivity contribution in [2.45, 2.75) is 52.2 Å². The third kappa shape index (κ3) is 8.36. The number of hydrogen-bond donors (Lipinski definition) is 2. The molecule has 2 rings (SSSR count). The lowest BCUT2D eigenvalue weighted by Gasteiger charge is -2.12. The summed E-state index contributed by atoms with van der Waals surface area (Å²) in [5.41, 5.74) is 1.19. The van der Waals surface area contributed by atoms with E-state index in [1.807, 2.05) is 10.9 Å². The van der Waals surface area contributed by atoms with Crippen LogP contribution in [0.2, 0.25) is 0 Å². The molecule has 1 fully saturated rings. The summed E-state index contributed by atoms with van der Waals surface area (Å²) in [7, 11) is 0. The summed E-state index contributed by atoms with van der Waals surface area (Å²) in [6.45, 7) is 9.89. The molecule has 0 amide bonds. The van der Waals surface area contributed by atoms with E-state index in [4.69, 9.17) is 9.47 Å². The maximum absolute atomic E-state index is 5.67. The number of ether oxygens (including phenoxy) is 2. The van der Waals surface area contributed by atoms with E-state index < -0.39 is 0 Å². The maximum atomic E-state index is 5.67. The van der Waals surface area contributed by atoms with Crippen LogP contribution in [-0.2, 0) is 16.0 Å². The van der Waals surface area contributed by atoms with E-state index in [9.17, 15) is 0 Å². The molecule has 1 aliphatic heterocycles. The molecule has 7 nitrogen and oxygen atoms in total. The largest absolute Gasteiger partial charge is 0.379 e. The average molecular weight is 351 g/mol. The quantitative estimate of drug-likeness (QED) is 0.361. The van der Waals surface area contributed by atoms with E-state index in [1.165, 1.54) is 5.56 Å². The van der Waals surface area contributed by atoms with Gasteiger partial charge in [-0.25, -0.2) is 0 Å². The molecular weight excluding hydrogens is 318 g/mol. The van der Waals surface area contributed by atoms with Crippen LogP contribution in [0.5, 0.6) is 0 Å². The Morgan fingerprint density at radius 1 is 1.44 bits per heavy atom. The lowest BCUT2D eigenvalue weighted by molar-refractivity contribution is 0.0168. The summed E-state index contributed by atoms with van der Waals surface area (Å²) in [5.74, 6) is 0.873. The summed E-state index contributed by atoms with van der Waals surface area (Å²) in [4.78, 5) is 4.61. The number of rotatable bonds is 11. The molecule has 1 saturated heterocycles. The molecule has 1 aliphatic rings. The maximum Gasteiger partial charge on any atom is 0.191 e. The van der Waals surface area contributed by atoms with Gasteiger partial charge in [-0.05, 0) is 45.1 Å². The molecule has 2 N–H and O–H groups in total. The van der Waals surface area contributed by atoms with Crippen LogP contribution in [-0.4, -0.2) is 61.3 Å². The van der Waals surface area contributed by atoms with E-state index in [-0.39, 0.29) is 0 Å². The highest BCUT2D eigenvalue weighted by atomic mass is 16.5. The van der Waals surface area contributed by atoms with Crippen LogP contribution >= 0.6 is 0 Å². The fourth-order valence-electron chi connectivity index (χ4n) is 2.73. The van der Waals surface area contributed by atoms with Gasteiger partial charge in [0.05, 0.1) is 18.9 Å². The van der Waals surface area contributed by atoms with Gasteiger partial charge in [-0.15, -0.1) is 0 Å². The molecule has 0 aromatic carbocycles. The topological polar surface area (TPSA) is 72.7 Å². The first kappa shape index (κ1) is 19.7. The van der Waals surface area contributed by atoms with Gasteiger partial charge in [0, 0.05) is 45.6 Å². The number of aryl methyl sites for hydroxylation is 2. The SMILES string of the molecule is CCNC(=NCCCn1cc(C)cn1)NCCCOCC1CCCO1. The summed E-state index contributed by atoms with van der Waals surface area (Å²) >= 11 is 0. The summed E-state index contributed by atoms with van der Waals surface area (Å²) in [6.07, 6.45) is 8.49. The smallest absolute Gasteiger partial charge is 0.191 e. The second-order valence-corrected chi connectivity index (χ2v) is 6.39. The van der Waals surface area contributed by atoms with Crippen LogP contribution in [0.4, 0.5) is 0 Å². The van der Waals surface area contributed by atoms with Gasteiger partial charge in [0.15, 0.2) is 5.96 Å². The third-order valence-corrected chi connectivity index (χ3v) is 4.01. The number of aromatic nitrogens is 2. The molecule has 1 atom stereocenters. The monoisotopic (exact) mass is 351 g/mol. The first-order valence-corrected chi connectivity index (χ1v) is 9.48. The minimum Gasteiger partial charge on any atom is -0.379 e. The Morgan fingerprint density at radius 3 is 3.08 bits per heavy atom. The number of nitrogens with one attached hydrogen (secondary N) is 2. The predicted molar refractivity (Wildman–Crippen MR) is 100.0 cm³/mol. The van der Waals surface area contributed by atoms with E-state index in [0.717, 1.165) is 77.6 Å². The lowest BCUT2D eigenvalue weighted by Crippen LogP contribution is -2.38. The molecule has 0 bridgehead atoms. The molecule has 1 unspecified atom stereocenters. The van der Waals surface area contributed by atoms with Gasteiger partial charge in [-0.2, -0.15) is 5.10 Å². The van der Waals surface area contributed by atoms with Crippen molar-refractivity contribution >= 4 is 5.96 Å². The summed E-state index contributed by atoms with van der Waals surface area (Å²) < 4.78 is 13.2. The molecule has 142 valence electrons. The standard InChI is InChI=1S/C18H33N5O2/c1-3-19-18(20-8-5-10-23-14-16(2)13-22-23)21-9-6-11-24-15-17-7-4-12-25-17/h13-14,17H,3-12,15H2,1-2H3,(H2,19,20,21). The first-order valence-electron chi connectivity index (χ1n) is 9.48. The predicted octanol–water partition coefficient (Wildman–Crippen LogP) is 1.72. The molecule has 1 aromatic heterocycles. The highest BCUT2D eigenvalue weighted by molar-refractivity contribution is 5.79. The van der Waals surface area contributed by atoms with E-state index in [0.29, 0.717) is 6.10 Å². The van der Waals surface area contributed by atoms with E-state index in [1.54, 1.807) is 0 Å². The number of nitrogens with zero attached hydrogens (tertiary/aromatic N) is 3. The fraction of sp³-hybridized carbons (Fsp3) is 0.778. The van der Waals surface area contributed by atoms with Crippen LogP contribution in [0.15, 0.2) is 17.4 Å². The van der Waals surface area contributed by atoms with Crippen molar-refractivity contribution < 1.29 is 9.47 Å². The van der Waals surface area contributed by atoms with Gasteiger partial charge in [-0.3, -0.25) is 9.67 Å². The van der Waals surface area contributed by atoms with E-state index >= 15 is 0 Å². The third-order valence-electron chi connectivity index (χ3n) is 4.01. The second-order valence-electron chi connectivity index (χ2n) is 6.39. The van der Waals surface area contributed by atoms with Crippen molar-refractivity contribution in [3.05, 3.63) is 18.0 Å². The van der Waals surface area contributed by atoms with Crippen LogP contribution in [0.3, 0.4) is 0 Å². The zero-order valence-electron chi connectivity index (χ0n) is 15.7. The first-order chi connectivity index (χ1) is 12.3. The van der Waals surface area contributed by atoms with Gasteiger partial charge in [0.25, 0.3) is 0 Å². The normalized spacial score (nSPS) is 17.8. The number of guanidine groups is 1. The average Bonchev–Trinajstić information content (AvgIpc) is 3.26. The molecule has 25 heavy (non-hydrogen) atoms. The van der Waals surface area contributed by atoms with Crippen molar-refractivity contribution in [1.82, 2.24) is 20.4 Å². The number of aliphatic imine (C=N–C) groups is 1. The van der Waals surface area contributed by atoms with Gasteiger partial charge in [-0.1, -0.05) is 0 Å². The van der Waals surface area contributed by atoms with E-state index in [2.05, 4.69) is 40.8 Å². The summed E-state index contributed by atoms with van der Waals surface area (Å²) in [5, 5.41) is 10.9. The van der Waals surface area contributed by atoms with Gasteiger partial charge >= 0.3 is 0 Å². The number of hydrogen-bond acceptors (Lipinski definition) is 4. The molecule has 1 aromatic rings. The van der Waals surface area contributed by atoms with Crippen LogP contribution in [0.1, 0.15) is 38.2 Å². The lowest BCUT2D eigenvalue weighted by atomic mass is 10.2. The minimum atomic E-state index is 0.311. The van der Waals surface area contributed by atoms with Crippen molar-refractivity contribution in [3.63, 3.8) is 0 Å². The molecule has 0 spiro atoms. The van der Waals surface area contributed by atoms with Crippen molar-refractivity contribution in [2.24, 2.45) is 4.99 Å². The highest BCUT2D eigenvalue weighted by Crippen LogP contribution is 2.11. The molecule has 2 heterocycles. The highest BCUT2D eigenvalue weighted by Gasteiger charge is 2.14. The van der Waals surface area contributed by atoms with Crippen molar-refractivity contribution in [3.8, 4) is 0 Å². The fourth-order valence-corrected chi connectivity index (χ4v) is 2.73. The van der Waals surface area contributed by atoms with Crippen LogP contribution < -0.4 is 10.6 Å². The van der Waals surface area contributed by atoms with Gasteiger partial charge < -0.3 is 20.1 Å². The Bertz CT molecular complexity index is 497. The van der Waals surface area contributed by atoms with Crippen LogP contribution in [0, 0.1) is 6.92 Å². The van der Waals surface area contributed by atoms with Crippen LogP contribution in [0.25, 0.3) is 0 Å². The zero-order chi connectivity index (χ0) is 17.7. The van der Waals surface area contributed by atoms with Gasteiger partial charge in [0.1, 0.15) is 0 Å². The Balaban J connectivity index is 1.53. The minimum absolute atomic E-state index is 0.311. The Labute approximate surface area is 151 Å². The van der Waals surface area contributed by atoms with Crippen molar-refractivity contribution in [1.29, 1.82) is 0 Å². The summed E-state index contributed by atoms with van der Waals surface area (Å²) in [6, 6.07) is 0. The molecular formula is C18H33N5O2.